The summed E-state index contributed by atoms with van der Waals surface area (Å²) in [6.07, 6.45) is 0. The quantitative estimate of drug-likeness (QED) is 0.172. The van der Waals surface area contributed by atoms with Crippen LogP contribution in [0.5, 0.6) is 0 Å². The molecule has 9 aromatic carbocycles. The molecule has 1 aromatic heterocycles. The van der Waals surface area contributed by atoms with Crippen molar-refractivity contribution in [2.45, 2.75) is 0 Å². The van der Waals surface area contributed by atoms with Crippen molar-refractivity contribution in [1.82, 2.24) is 4.57 Å². The molecule has 0 N–H and O–H groups in total. The van der Waals surface area contributed by atoms with Gasteiger partial charge in [0.25, 0.3) is 0 Å². The average Bonchev–Trinajstić information content (AvgIpc) is 3.56. The Bertz CT molecular complexity index is 2830. The molecule has 1 heterocycles. The minimum absolute atomic E-state index is 1.10. The van der Waals surface area contributed by atoms with E-state index in [2.05, 4.69) is 216 Å². The zero-order valence-corrected chi connectivity index (χ0v) is 28.5. The SMILES string of the molecule is c1ccc(-n2c3ccccc3c3ccccc32)c(-c2ccc(N(c3ccc(-c4cccc5ccccc45)cc3)c3cccc4ccccc34)cc2)c1. The third kappa shape index (κ3) is 4.96. The molecule has 0 bridgehead atoms. The van der Waals surface area contributed by atoms with Crippen molar-refractivity contribution < 1.29 is 0 Å². The molecular formula is C50H34N2. The topological polar surface area (TPSA) is 8.17 Å². The summed E-state index contributed by atoms with van der Waals surface area (Å²) in [6, 6.07) is 74.6. The molecule has 0 saturated carbocycles. The highest BCUT2D eigenvalue weighted by Crippen LogP contribution is 2.42. The monoisotopic (exact) mass is 662 g/mol. The normalized spacial score (nSPS) is 11.5. The summed E-state index contributed by atoms with van der Waals surface area (Å²) in [5.41, 5.74) is 11.8. The van der Waals surface area contributed by atoms with Crippen LogP contribution < -0.4 is 4.90 Å². The van der Waals surface area contributed by atoms with Crippen molar-refractivity contribution in [2.75, 3.05) is 4.90 Å². The first kappa shape index (κ1) is 30.0. The van der Waals surface area contributed by atoms with Gasteiger partial charge in [-0.25, -0.2) is 0 Å². The van der Waals surface area contributed by atoms with Gasteiger partial charge in [-0.05, 0) is 81.4 Å². The highest BCUT2D eigenvalue weighted by atomic mass is 15.1. The molecule has 0 amide bonds. The predicted molar refractivity (Wildman–Crippen MR) is 221 cm³/mol. The van der Waals surface area contributed by atoms with Crippen LogP contribution in [0, 0.1) is 0 Å². The average molecular weight is 663 g/mol. The summed E-state index contributed by atoms with van der Waals surface area (Å²) in [5, 5.41) is 7.47. The molecule has 0 radical (unpaired) electrons. The maximum atomic E-state index is 2.41. The number of fused-ring (bicyclic) bond motifs is 5. The molecule has 52 heavy (non-hydrogen) atoms. The van der Waals surface area contributed by atoms with Crippen LogP contribution in [-0.4, -0.2) is 4.57 Å². The largest absolute Gasteiger partial charge is 0.310 e. The number of benzene rings is 9. The number of aromatic nitrogens is 1. The van der Waals surface area contributed by atoms with Crippen LogP contribution in [0.3, 0.4) is 0 Å². The molecule has 0 atom stereocenters. The molecule has 0 aliphatic rings. The van der Waals surface area contributed by atoms with Crippen molar-refractivity contribution in [1.29, 1.82) is 0 Å². The first-order valence-corrected chi connectivity index (χ1v) is 17.9. The van der Waals surface area contributed by atoms with E-state index in [0.717, 1.165) is 17.1 Å². The lowest BCUT2D eigenvalue weighted by molar-refractivity contribution is 1.18. The molecule has 0 aliphatic heterocycles. The van der Waals surface area contributed by atoms with Gasteiger partial charge >= 0.3 is 0 Å². The van der Waals surface area contributed by atoms with E-state index >= 15 is 0 Å². The number of hydrogen-bond donors (Lipinski definition) is 0. The van der Waals surface area contributed by atoms with Crippen LogP contribution in [0.4, 0.5) is 17.1 Å². The van der Waals surface area contributed by atoms with E-state index in [-0.39, 0.29) is 0 Å². The smallest absolute Gasteiger partial charge is 0.0541 e. The van der Waals surface area contributed by atoms with Crippen LogP contribution in [0.15, 0.2) is 206 Å². The molecule has 10 aromatic rings. The van der Waals surface area contributed by atoms with Crippen LogP contribution >= 0.6 is 0 Å². The molecule has 10 rings (SSSR count). The van der Waals surface area contributed by atoms with Gasteiger partial charge in [0.05, 0.1) is 22.4 Å². The molecule has 2 heteroatoms. The molecule has 0 spiro atoms. The van der Waals surface area contributed by atoms with Gasteiger partial charge in [0.2, 0.25) is 0 Å². The van der Waals surface area contributed by atoms with Gasteiger partial charge in [-0.3, -0.25) is 0 Å². The second-order valence-electron chi connectivity index (χ2n) is 13.3. The minimum Gasteiger partial charge on any atom is -0.310 e. The highest BCUT2D eigenvalue weighted by Gasteiger charge is 2.18. The number of nitrogens with zero attached hydrogens (tertiary/aromatic N) is 2. The van der Waals surface area contributed by atoms with Gasteiger partial charge in [0, 0.05) is 33.1 Å². The van der Waals surface area contributed by atoms with Gasteiger partial charge < -0.3 is 9.47 Å². The van der Waals surface area contributed by atoms with Crippen LogP contribution in [0.2, 0.25) is 0 Å². The molecule has 0 aliphatic carbocycles. The van der Waals surface area contributed by atoms with Crippen molar-refractivity contribution in [3.63, 3.8) is 0 Å². The summed E-state index contributed by atoms with van der Waals surface area (Å²) in [7, 11) is 0. The van der Waals surface area contributed by atoms with Crippen LogP contribution in [-0.2, 0) is 0 Å². The Kier molecular flexibility index (Phi) is 7.18. The lowest BCUT2D eigenvalue weighted by atomic mass is 9.98. The zero-order valence-electron chi connectivity index (χ0n) is 28.5. The van der Waals surface area contributed by atoms with Crippen molar-refractivity contribution in [3.05, 3.63) is 206 Å². The predicted octanol–water partition coefficient (Wildman–Crippen LogP) is 13.9. The van der Waals surface area contributed by atoms with Gasteiger partial charge in [0.1, 0.15) is 0 Å². The molecule has 244 valence electrons. The Hall–Kier alpha value is -6.90. The van der Waals surface area contributed by atoms with E-state index in [4.69, 9.17) is 0 Å². The van der Waals surface area contributed by atoms with Crippen LogP contribution in [0.25, 0.3) is 71.3 Å². The number of hydrogen-bond acceptors (Lipinski definition) is 1. The Morgan fingerprint density at radius 1 is 0.308 bits per heavy atom. The van der Waals surface area contributed by atoms with Crippen LogP contribution in [0.1, 0.15) is 0 Å². The van der Waals surface area contributed by atoms with E-state index in [9.17, 15) is 0 Å². The summed E-state index contributed by atoms with van der Waals surface area (Å²) in [5.74, 6) is 0. The van der Waals surface area contributed by atoms with Gasteiger partial charge in [0.15, 0.2) is 0 Å². The van der Waals surface area contributed by atoms with Gasteiger partial charge in [-0.15, -0.1) is 0 Å². The minimum atomic E-state index is 1.10. The standard InChI is InChI=1S/C50H34N2/c1-3-17-41-35(13-1)15-11-22-42(41)37-27-31-39(32-28-37)51(47-26-12-16-36-14-2-4-18-43(36)47)40-33-29-38(30-34-40)44-19-5-8-23-48(44)52-49-24-9-6-20-45(49)46-21-7-10-25-50(46)52/h1-34H. The Balaban J connectivity index is 1.10. The molecule has 0 saturated heterocycles. The zero-order chi connectivity index (χ0) is 34.4. The molecule has 2 nitrogen and oxygen atoms in total. The van der Waals surface area contributed by atoms with Crippen molar-refractivity contribution in [2.24, 2.45) is 0 Å². The first-order chi connectivity index (χ1) is 25.8. The molecular weight excluding hydrogens is 629 g/mol. The maximum absolute atomic E-state index is 2.41. The van der Waals surface area contributed by atoms with Crippen molar-refractivity contribution >= 4 is 60.4 Å². The highest BCUT2D eigenvalue weighted by molar-refractivity contribution is 6.10. The fraction of sp³-hybridized carbons (Fsp3) is 0. The van der Waals surface area contributed by atoms with E-state index in [1.165, 1.54) is 71.3 Å². The Morgan fingerprint density at radius 2 is 0.750 bits per heavy atom. The summed E-state index contributed by atoms with van der Waals surface area (Å²) in [4.78, 5) is 2.39. The molecule has 0 unspecified atom stereocenters. The first-order valence-electron chi connectivity index (χ1n) is 17.9. The lowest BCUT2D eigenvalue weighted by Crippen LogP contribution is -2.10. The summed E-state index contributed by atoms with van der Waals surface area (Å²) in [6.45, 7) is 0. The van der Waals surface area contributed by atoms with Gasteiger partial charge in [-0.2, -0.15) is 0 Å². The van der Waals surface area contributed by atoms with E-state index in [1.54, 1.807) is 0 Å². The number of para-hydroxylation sites is 3. The second-order valence-corrected chi connectivity index (χ2v) is 13.3. The van der Waals surface area contributed by atoms with Crippen molar-refractivity contribution in [3.8, 4) is 27.9 Å². The fourth-order valence-electron chi connectivity index (χ4n) is 7.98. The Morgan fingerprint density at radius 3 is 1.40 bits per heavy atom. The number of anilines is 3. The summed E-state index contributed by atoms with van der Waals surface area (Å²) < 4.78 is 2.41. The fourth-order valence-corrected chi connectivity index (χ4v) is 7.98. The number of rotatable bonds is 6. The Labute approximate surface area is 303 Å². The van der Waals surface area contributed by atoms with E-state index in [0.29, 0.717) is 0 Å². The van der Waals surface area contributed by atoms with E-state index < -0.39 is 0 Å². The maximum Gasteiger partial charge on any atom is 0.0541 e. The van der Waals surface area contributed by atoms with E-state index in [1.807, 2.05) is 0 Å². The third-order valence-corrected chi connectivity index (χ3v) is 10.4. The lowest BCUT2D eigenvalue weighted by Gasteiger charge is -2.27. The van der Waals surface area contributed by atoms with Gasteiger partial charge in [-0.1, -0.05) is 158 Å². The molecule has 0 fully saturated rings. The second kappa shape index (κ2) is 12.5. The third-order valence-electron chi connectivity index (χ3n) is 10.4. The summed E-state index contributed by atoms with van der Waals surface area (Å²) >= 11 is 0.